The maximum atomic E-state index is 5.55. The van der Waals surface area contributed by atoms with Gasteiger partial charge in [-0.15, -0.1) is 11.3 Å². The molecule has 0 amide bonds. The molecule has 1 aliphatic rings. The van der Waals surface area contributed by atoms with Gasteiger partial charge in [-0.3, -0.25) is 9.89 Å². The molecule has 0 spiro atoms. The highest BCUT2D eigenvalue weighted by Crippen LogP contribution is 2.20. The van der Waals surface area contributed by atoms with E-state index in [1.165, 1.54) is 17.7 Å². The average Bonchev–Trinajstić information content (AvgIpc) is 3.01. The normalized spacial score (nSPS) is 17.3. The van der Waals surface area contributed by atoms with Crippen molar-refractivity contribution in [2.75, 3.05) is 46.4 Å². The second-order valence-electron chi connectivity index (χ2n) is 7.16. The minimum atomic E-state index is 0.522. The van der Waals surface area contributed by atoms with Crippen LogP contribution in [0.15, 0.2) is 4.99 Å². The fourth-order valence-electron chi connectivity index (χ4n) is 3.86. The molecule has 0 saturated carbocycles. The van der Waals surface area contributed by atoms with Crippen LogP contribution < -0.4 is 10.6 Å². The second-order valence-corrected chi connectivity index (χ2v) is 8.45. The zero-order chi connectivity index (χ0) is 19.6. The molecular weight excluding hydrogens is 358 g/mol. The van der Waals surface area contributed by atoms with Crippen LogP contribution in [-0.4, -0.2) is 68.3 Å². The van der Waals surface area contributed by atoms with Gasteiger partial charge in [-0.25, -0.2) is 4.98 Å². The summed E-state index contributed by atoms with van der Waals surface area (Å²) >= 11 is 1.79. The van der Waals surface area contributed by atoms with Crippen molar-refractivity contribution in [1.82, 2.24) is 20.5 Å². The lowest BCUT2D eigenvalue weighted by molar-refractivity contribution is 0.00272. The number of rotatable bonds is 9. The molecule has 2 N–H and O–H groups in total. The van der Waals surface area contributed by atoms with E-state index in [4.69, 9.17) is 4.74 Å². The van der Waals surface area contributed by atoms with E-state index in [1.807, 2.05) is 7.05 Å². The molecule has 1 aromatic heterocycles. The van der Waals surface area contributed by atoms with Crippen molar-refractivity contribution in [3.05, 3.63) is 15.6 Å². The first-order valence-electron chi connectivity index (χ1n) is 10.3. The Kier molecular flexibility index (Phi) is 9.51. The summed E-state index contributed by atoms with van der Waals surface area (Å²) in [6.07, 6.45) is 3.39. The Morgan fingerprint density at radius 1 is 1.22 bits per heavy atom. The van der Waals surface area contributed by atoms with Gasteiger partial charge >= 0.3 is 0 Å². The van der Waals surface area contributed by atoms with Crippen LogP contribution in [-0.2, 0) is 11.2 Å². The first-order valence-corrected chi connectivity index (χ1v) is 11.1. The quantitative estimate of drug-likeness (QED) is 0.497. The summed E-state index contributed by atoms with van der Waals surface area (Å²) in [5.41, 5.74) is 1.16. The third-order valence-corrected chi connectivity index (χ3v) is 6.59. The summed E-state index contributed by atoms with van der Waals surface area (Å²) in [6, 6.07) is 0.522. The number of nitrogens with one attached hydrogen (secondary N) is 2. The standard InChI is InChI=1S/C20H37N5OS/c1-6-17(7-2)18(25-10-12-26-13-11-25)14-23-20(21-5)22-9-8-19-15(3)24-16(4)27-19/h17-18H,6-14H2,1-5H3,(H2,21,22,23). The highest BCUT2D eigenvalue weighted by Gasteiger charge is 2.26. The SMILES string of the molecule is CCC(CC)C(CNC(=NC)NCCc1sc(C)nc1C)N1CCOCC1. The highest BCUT2D eigenvalue weighted by atomic mass is 32.1. The molecule has 1 fully saturated rings. The molecule has 1 aliphatic heterocycles. The van der Waals surface area contributed by atoms with Crippen molar-refractivity contribution < 1.29 is 4.74 Å². The summed E-state index contributed by atoms with van der Waals surface area (Å²) in [6.45, 7) is 14.3. The molecule has 2 heterocycles. The number of morpholine rings is 1. The molecule has 1 saturated heterocycles. The number of hydrogen-bond acceptors (Lipinski definition) is 5. The van der Waals surface area contributed by atoms with Crippen LogP contribution >= 0.6 is 11.3 Å². The van der Waals surface area contributed by atoms with Gasteiger partial charge in [0, 0.05) is 50.6 Å². The number of ether oxygens (including phenoxy) is 1. The number of nitrogens with zero attached hydrogens (tertiary/aromatic N) is 3. The largest absolute Gasteiger partial charge is 0.379 e. The molecule has 27 heavy (non-hydrogen) atoms. The Morgan fingerprint density at radius 3 is 2.48 bits per heavy atom. The molecule has 1 atom stereocenters. The second kappa shape index (κ2) is 11.6. The molecule has 1 aromatic rings. The lowest BCUT2D eigenvalue weighted by Gasteiger charge is -2.39. The molecule has 154 valence electrons. The molecule has 0 aromatic carbocycles. The van der Waals surface area contributed by atoms with Crippen LogP contribution in [0.4, 0.5) is 0 Å². The third-order valence-electron chi connectivity index (χ3n) is 5.45. The summed E-state index contributed by atoms with van der Waals surface area (Å²) in [7, 11) is 1.85. The van der Waals surface area contributed by atoms with Gasteiger partial charge < -0.3 is 15.4 Å². The molecule has 1 unspecified atom stereocenters. The van der Waals surface area contributed by atoms with Crippen LogP contribution in [0.5, 0.6) is 0 Å². The van der Waals surface area contributed by atoms with E-state index < -0.39 is 0 Å². The van der Waals surface area contributed by atoms with E-state index >= 15 is 0 Å². The van der Waals surface area contributed by atoms with Gasteiger partial charge in [0.2, 0.25) is 0 Å². The Balaban J connectivity index is 1.86. The van der Waals surface area contributed by atoms with Crippen LogP contribution in [0.25, 0.3) is 0 Å². The monoisotopic (exact) mass is 395 g/mol. The highest BCUT2D eigenvalue weighted by molar-refractivity contribution is 7.11. The number of aromatic nitrogens is 1. The van der Waals surface area contributed by atoms with Crippen molar-refractivity contribution in [3.63, 3.8) is 0 Å². The van der Waals surface area contributed by atoms with E-state index in [0.717, 1.165) is 62.5 Å². The van der Waals surface area contributed by atoms with E-state index in [2.05, 4.69) is 53.2 Å². The molecular formula is C20H37N5OS. The van der Waals surface area contributed by atoms with Crippen molar-refractivity contribution in [3.8, 4) is 0 Å². The molecule has 0 radical (unpaired) electrons. The zero-order valence-electron chi connectivity index (χ0n) is 17.7. The third kappa shape index (κ3) is 6.73. The van der Waals surface area contributed by atoms with E-state index in [1.54, 1.807) is 11.3 Å². The summed E-state index contributed by atoms with van der Waals surface area (Å²) in [5.74, 6) is 1.58. The van der Waals surface area contributed by atoms with Gasteiger partial charge in [0.05, 0.1) is 23.9 Å². The summed E-state index contributed by atoms with van der Waals surface area (Å²) in [4.78, 5) is 12.9. The van der Waals surface area contributed by atoms with E-state index in [-0.39, 0.29) is 0 Å². The molecule has 6 nitrogen and oxygen atoms in total. The molecule has 2 rings (SSSR count). The predicted molar refractivity (Wildman–Crippen MR) is 115 cm³/mol. The van der Waals surface area contributed by atoms with Crippen molar-refractivity contribution in [1.29, 1.82) is 0 Å². The number of aliphatic imine (C=N–C) groups is 1. The Bertz CT molecular complexity index is 579. The maximum absolute atomic E-state index is 5.55. The number of guanidine groups is 1. The smallest absolute Gasteiger partial charge is 0.191 e. The van der Waals surface area contributed by atoms with Gasteiger partial charge in [0.25, 0.3) is 0 Å². The van der Waals surface area contributed by atoms with Crippen LogP contribution in [0.2, 0.25) is 0 Å². The van der Waals surface area contributed by atoms with Crippen molar-refractivity contribution in [2.24, 2.45) is 10.9 Å². The lowest BCUT2D eigenvalue weighted by atomic mass is 9.92. The zero-order valence-corrected chi connectivity index (χ0v) is 18.5. The van der Waals surface area contributed by atoms with Crippen molar-refractivity contribution >= 4 is 17.3 Å². The fraction of sp³-hybridized carbons (Fsp3) is 0.800. The first kappa shape index (κ1) is 22.1. The van der Waals surface area contributed by atoms with Gasteiger partial charge in [-0.1, -0.05) is 26.7 Å². The molecule has 7 heteroatoms. The Morgan fingerprint density at radius 2 is 1.93 bits per heavy atom. The van der Waals surface area contributed by atoms with Gasteiger partial charge in [-0.05, 0) is 19.8 Å². The minimum absolute atomic E-state index is 0.522. The molecule has 0 aliphatic carbocycles. The van der Waals surface area contributed by atoms with E-state index in [9.17, 15) is 0 Å². The van der Waals surface area contributed by atoms with Crippen molar-refractivity contribution in [2.45, 2.75) is 53.0 Å². The first-order chi connectivity index (χ1) is 13.1. The van der Waals surface area contributed by atoms with Gasteiger partial charge in [0.15, 0.2) is 5.96 Å². The minimum Gasteiger partial charge on any atom is -0.379 e. The fourth-order valence-corrected chi connectivity index (χ4v) is 4.79. The summed E-state index contributed by atoms with van der Waals surface area (Å²) < 4.78 is 5.55. The topological polar surface area (TPSA) is 61.8 Å². The Labute approximate surface area is 168 Å². The maximum Gasteiger partial charge on any atom is 0.191 e. The van der Waals surface area contributed by atoms with Crippen LogP contribution in [0.3, 0.4) is 0 Å². The summed E-state index contributed by atoms with van der Waals surface area (Å²) in [5, 5.41) is 8.17. The number of thiazole rings is 1. The number of aryl methyl sites for hydroxylation is 2. The van der Waals surface area contributed by atoms with Crippen LogP contribution in [0, 0.1) is 19.8 Å². The predicted octanol–water partition coefficient (Wildman–Crippen LogP) is 2.60. The lowest BCUT2D eigenvalue weighted by Crippen LogP contribution is -2.53. The Hall–Kier alpha value is -1.18. The number of hydrogen-bond donors (Lipinski definition) is 2. The van der Waals surface area contributed by atoms with E-state index in [0.29, 0.717) is 12.0 Å². The van der Waals surface area contributed by atoms with Gasteiger partial charge in [-0.2, -0.15) is 0 Å². The molecule has 0 bridgehead atoms. The van der Waals surface area contributed by atoms with Gasteiger partial charge in [0.1, 0.15) is 0 Å². The average molecular weight is 396 g/mol. The van der Waals surface area contributed by atoms with Crippen LogP contribution in [0.1, 0.15) is 42.3 Å².